The minimum Gasteiger partial charge on any atom is -0.319 e. The first-order valence-corrected chi connectivity index (χ1v) is 10.9. The predicted molar refractivity (Wildman–Crippen MR) is 121 cm³/mol. The molecule has 1 aliphatic heterocycles. The molecule has 0 spiro atoms. The van der Waals surface area contributed by atoms with Gasteiger partial charge in [-0.3, -0.25) is 24.8 Å². The van der Waals surface area contributed by atoms with E-state index in [1.54, 1.807) is 18.3 Å². The van der Waals surface area contributed by atoms with Crippen LogP contribution in [0.1, 0.15) is 34.5 Å². The van der Waals surface area contributed by atoms with Crippen LogP contribution in [0.4, 0.5) is 18.9 Å². The van der Waals surface area contributed by atoms with Crippen molar-refractivity contribution in [3.63, 3.8) is 0 Å². The van der Waals surface area contributed by atoms with Crippen molar-refractivity contribution < 1.29 is 18.0 Å². The van der Waals surface area contributed by atoms with E-state index in [4.69, 9.17) is 0 Å². The predicted octanol–water partition coefficient (Wildman–Crippen LogP) is 4.89. The maximum Gasteiger partial charge on any atom is 0.418 e. The van der Waals surface area contributed by atoms with Crippen LogP contribution in [0.15, 0.2) is 55.1 Å². The van der Waals surface area contributed by atoms with Crippen LogP contribution < -0.4 is 5.32 Å². The van der Waals surface area contributed by atoms with E-state index >= 15 is 0 Å². The number of nitrogens with one attached hydrogen (secondary N) is 2. The molecule has 0 atom stereocenters. The van der Waals surface area contributed by atoms with Gasteiger partial charge in [0.1, 0.15) is 0 Å². The van der Waals surface area contributed by atoms with Crippen molar-refractivity contribution in [1.29, 1.82) is 0 Å². The fourth-order valence-corrected chi connectivity index (χ4v) is 4.22. The van der Waals surface area contributed by atoms with Crippen LogP contribution in [0.3, 0.4) is 0 Å². The molecule has 0 radical (unpaired) electrons. The molecule has 4 aromatic rings. The van der Waals surface area contributed by atoms with Crippen LogP contribution >= 0.6 is 0 Å². The number of benzene rings is 1. The molecular weight excluding hydrogens is 445 g/mol. The number of aromatic nitrogens is 4. The molecule has 1 fully saturated rings. The molecule has 0 bridgehead atoms. The Morgan fingerprint density at radius 1 is 1.03 bits per heavy atom. The molecule has 0 saturated carbocycles. The molecule has 0 unspecified atom stereocenters. The summed E-state index contributed by atoms with van der Waals surface area (Å²) in [5.41, 5.74) is 2.01. The van der Waals surface area contributed by atoms with Crippen molar-refractivity contribution in [2.75, 3.05) is 18.4 Å². The zero-order chi connectivity index (χ0) is 23.7. The van der Waals surface area contributed by atoms with Crippen molar-refractivity contribution >= 4 is 22.5 Å². The van der Waals surface area contributed by atoms with Gasteiger partial charge >= 0.3 is 6.18 Å². The van der Waals surface area contributed by atoms with Gasteiger partial charge in [-0.1, -0.05) is 6.07 Å². The number of hydrogen-bond acceptors (Lipinski definition) is 5. The van der Waals surface area contributed by atoms with E-state index in [1.807, 2.05) is 12.3 Å². The van der Waals surface area contributed by atoms with E-state index in [0.29, 0.717) is 10.9 Å². The number of nitrogens with zero attached hydrogens (tertiary/aromatic N) is 4. The molecule has 1 saturated heterocycles. The first-order chi connectivity index (χ1) is 16.4. The van der Waals surface area contributed by atoms with Gasteiger partial charge in [0.05, 0.1) is 23.0 Å². The fourth-order valence-electron chi connectivity index (χ4n) is 4.22. The molecular formula is C24H21F3N6O. The lowest BCUT2D eigenvalue weighted by molar-refractivity contribution is -0.137. The lowest BCUT2D eigenvalue weighted by atomic mass is 10.0. The second kappa shape index (κ2) is 8.86. The summed E-state index contributed by atoms with van der Waals surface area (Å²) in [7, 11) is 0. The van der Waals surface area contributed by atoms with Crippen molar-refractivity contribution in [3.8, 4) is 11.1 Å². The molecule has 3 aromatic heterocycles. The van der Waals surface area contributed by atoms with E-state index in [0.717, 1.165) is 54.8 Å². The van der Waals surface area contributed by atoms with Gasteiger partial charge in [0, 0.05) is 36.1 Å². The zero-order valence-corrected chi connectivity index (χ0v) is 18.1. The standard InChI is InChI=1S/C24H21F3N6O/c25-24(26,27)19-5-6-28-13-21(19)30-23(34)22-18-10-16(3-4-20(18)31-32-22)17-9-15(11-29-12-17)14-33-7-1-2-8-33/h3-6,9-13H,1-2,7-8,14H2,(H,30,34)(H,31,32). The number of halogens is 3. The van der Waals surface area contributed by atoms with Gasteiger partial charge in [0.15, 0.2) is 5.69 Å². The maximum absolute atomic E-state index is 13.3. The number of amides is 1. The highest BCUT2D eigenvalue weighted by atomic mass is 19.4. The summed E-state index contributed by atoms with van der Waals surface area (Å²) in [6.45, 7) is 2.99. The third-order valence-electron chi connectivity index (χ3n) is 5.89. The van der Waals surface area contributed by atoms with Gasteiger partial charge in [0.2, 0.25) is 0 Å². The Labute approximate surface area is 193 Å². The van der Waals surface area contributed by atoms with Crippen LogP contribution in [-0.2, 0) is 12.7 Å². The number of rotatable bonds is 5. The number of hydrogen-bond donors (Lipinski definition) is 2. The Morgan fingerprint density at radius 3 is 2.65 bits per heavy atom. The number of anilines is 1. The summed E-state index contributed by atoms with van der Waals surface area (Å²) in [6, 6.07) is 8.35. The molecule has 4 heterocycles. The zero-order valence-electron chi connectivity index (χ0n) is 18.1. The quantitative estimate of drug-likeness (QED) is 0.438. The summed E-state index contributed by atoms with van der Waals surface area (Å²) in [4.78, 5) is 23.3. The smallest absolute Gasteiger partial charge is 0.319 e. The first-order valence-electron chi connectivity index (χ1n) is 10.9. The highest BCUT2D eigenvalue weighted by molar-refractivity contribution is 6.11. The Bertz CT molecular complexity index is 1340. The lowest BCUT2D eigenvalue weighted by Crippen LogP contribution is -2.18. The van der Waals surface area contributed by atoms with Gasteiger partial charge in [0.25, 0.3) is 5.91 Å². The van der Waals surface area contributed by atoms with Crippen LogP contribution in [0, 0.1) is 0 Å². The third kappa shape index (κ3) is 4.49. The van der Waals surface area contributed by atoms with Gasteiger partial charge in [-0.25, -0.2) is 0 Å². The van der Waals surface area contributed by atoms with Crippen LogP contribution in [0.5, 0.6) is 0 Å². The largest absolute Gasteiger partial charge is 0.418 e. The lowest BCUT2D eigenvalue weighted by Gasteiger charge is -2.14. The molecule has 2 N–H and O–H groups in total. The number of H-pyrrole nitrogens is 1. The Morgan fingerprint density at radius 2 is 1.85 bits per heavy atom. The Hall–Kier alpha value is -3.79. The molecule has 10 heteroatoms. The minimum absolute atomic E-state index is 0.00462. The molecule has 1 aliphatic rings. The monoisotopic (exact) mass is 466 g/mol. The topological polar surface area (TPSA) is 86.8 Å². The molecule has 7 nitrogen and oxygen atoms in total. The Balaban J connectivity index is 1.44. The van der Waals surface area contributed by atoms with Gasteiger partial charge in [-0.15, -0.1) is 0 Å². The van der Waals surface area contributed by atoms with Gasteiger partial charge in [-0.05, 0) is 61.3 Å². The molecule has 174 valence electrons. The second-order valence-electron chi connectivity index (χ2n) is 8.27. The van der Waals surface area contributed by atoms with Crippen molar-refractivity contribution in [2.45, 2.75) is 25.6 Å². The third-order valence-corrected chi connectivity index (χ3v) is 5.89. The second-order valence-corrected chi connectivity index (χ2v) is 8.27. The summed E-state index contributed by atoms with van der Waals surface area (Å²) >= 11 is 0. The summed E-state index contributed by atoms with van der Waals surface area (Å²) < 4.78 is 39.9. The Kier molecular flexibility index (Phi) is 5.74. The van der Waals surface area contributed by atoms with Crippen LogP contribution in [-0.4, -0.2) is 44.1 Å². The average Bonchev–Trinajstić information content (AvgIpc) is 3.48. The van der Waals surface area contributed by atoms with Gasteiger partial charge < -0.3 is 5.32 Å². The normalized spacial score (nSPS) is 14.6. The first kappa shape index (κ1) is 22.0. The highest BCUT2D eigenvalue weighted by Crippen LogP contribution is 2.34. The summed E-state index contributed by atoms with van der Waals surface area (Å²) in [6.07, 6.45) is 3.39. The summed E-state index contributed by atoms with van der Waals surface area (Å²) in [5.74, 6) is -0.761. The minimum atomic E-state index is -4.63. The average molecular weight is 466 g/mol. The number of fused-ring (bicyclic) bond motifs is 1. The summed E-state index contributed by atoms with van der Waals surface area (Å²) in [5, 5.41) is 9.61. The van der Waals surface area contributed by atoms with E-state index in [9.17, 15) is 18.0 Å². The number of aromatic amines is 1. The van der Waals surface area contributed by atoms with Crippen LogP contribution in [0.2, 0.25) is 0 Å². The maximum atomic E-state index is 13.3. The van der Waals surface area contributed by atoms with E-state index < -0.39 is 23.3 Å². The van der Waals surface area contributed by atoms with E-state index in [1.165, 1.54) is 12.8 Å². The van der Waals surface area contributed by atoms with E-state index in [-0.39, 0.29) is 5.69 Å². The SMILES string of the molecule is O=C(Nc1cnccc1C(F)(F)F)c1n[nH]c2ccc(-c3cncc(CN4CCCC4)c3)cc12. The molecule has 1 aromatic carbocycles. The van der Waals surface area contributed by atoms with Gasteiger partial charge in [-0.2, -0.15) is 18.3 Å². The number of carbonyl (C=O) groups excluding carboxylic acids is 1. The van der Waals surface area contributed by atoms with Crippen molar-refractivity contribution in [3.05, 3.63) is 71.9 Å². The number of alkyl halides is 3. The number of likely N-dealkylation sites (tertiary alicyclic amines) is 1. The van der Waals surface area contributed by atoms with Crippen LogP contribution in [0.25, 0.3) is 22.0 Å². The molecule has 0 aliphatic carbocycles. The molecule has 1 amide bonds. The fraction of sp³-hybridized carbons (Fsp3) is 0.250. The highest BCUT2D eigenvalue weighted by Gasteiger charge is 2.34. The van der Waals surface area contributed by atoms with E-state index in [2.05, 4.69) is 36.4 Å². The number of carbonyl (C=O) groups is 1. The molecule has 34 heavy (non-hydrogen) atoms. The van der Waals surface area contributed by atoms with Crippen molar-refractivity contribution in [2.24, 2.45) is 0 Å². The van der Waals surface area contributed by atoms with Crippen molar-refractivity contribution in [1.82, 2.24) is 25.1 Å². The molecule has 5 rings (SSSR count). The number of pyridine rings is 2.